The second-order valence-electron chi connectivity index (χ2n) is 24.9. The maximum absolute atomic E-state index is 7.96. The number of rotatable bonds is 5. The highest BCUT2D eigenvalue weighted by Crippen LogP contribution is 2.55. The smallest absolute Gasteiger partial charge is 0.376 e. The molecule has 4 aromatic heterocycles. The maximum Gasteiger partial charge on any atom is 0.376 e. The van der Waals surface area contributed by atoms with E-state index < -0.39 is 0 Å². The summed E-state index contributed by atoms with van der Waals surface area (Å²) in [6.45, 7) is 20.6. The first-order chi connectivity index (χ1) is 37.6. The minimum Gasteiger partial charge on any atom is -0.449 e. The Morgan fingerprint density at radius 1 is 0.410 bits per heavy atom. The number of nitrogens with zero attached hydrogens (tertiary/aromatic N) is 4. The zero-order valence-electron chi connectivity index (χ0n) is 45.9. The van der Waals surface area contributed by atoms with Crippen molar-refractivity contribution in [2.24, 2.45) is 0 Å². The molecule has 5 nitrogen and oxygen atoms in total. The summed E-state index contributed by atoms with van der Waals surface area (Å²) in [4.78, 5) is 2.57. The molecule has 0 amide bonds. The van der Waals surface area contributed by atoms with Crippen LogP contribution in [0.2, 0.25) is 0 Å². The second kappa shape index (κ2) is 16.4. The molecule has 78 heavy (non-hydrogen) atoms. The highest BCUT2D eigenvalue weighted by Gasteiger charge is 2.49. The molecule has 2 aliphatic rings. The van der Waals surface area contributed by atoms with E-state index in [4.69, 9.17) is 4.42 Å². The summed E-state index contributed by atoms with van der Waals surface area (Å²) in [6.07, 6.45) is 0. The fourth-order valence-electron chi connectivity index (χ4n) is 13.2. The number of furan rings is 1. The Labute approximate surface area is 456 Å². The summed E-state index contributed by atoms with van der Waals surface area (Å²) in [5, 5.41) is 5.98. The van der Waals surface area contributed by atoms with Crippen LogP contribution in [0, 0.1) is 0 Å². The third-order valence-corrected chi connectivity index (χ3v) is 17.1. The van der Waals surface area contributed by atoms with Gasteiger partial charge in [-0.2, -0.15) is 0 Å². The van der Waals surface area contributed by atoms with E-state index >= 15 is 0 Å². The van der Waals surface area contributed by atoms with Gasteiger partial charge in [0, 0.05) is 66.6 Å². The zero-order valence-corrected chi connectivity index (χ0v) is 45.9. The molecule has 0 saturated heterocycles. The van der Waals surface area contributed by atoms with Crippen molar-refractivity contribution in [3.63, 3.8) is 0 Å². The van der Waals surface area contributed by atoms with E-state index in [0.717, 1.165) is 61.7 Å². The largest absolute Gasteiger partial charge is 0.449 e. The van der Waals surface area contributed by atoms with Crippen LogP contribution < -0.4 is 16.0 Å². The van der Waals surface area contributed by atoms with Crippen molar-refractivity contribution >= 4 is 89.7 Å². The van der Waals surface area contributed by atoms with E-state index in [1.165, 1.54) is 82.8 Å². The average molecular weight is 1010 g/mol. The SMILES string of the molecule is CC(C)(C)c1ccc(N2c3cc(C(C)(C)C)cc4c3B(c3oc5c(c32)c2ccccc2n5-c2ccccc2)n2c(-c3ccccc3)c(-c3ccccc3)c3c2c-4cc2c4cc(C(C)(C)C)ccc4n(-c4ccccc4)c23)cc1. The molecular weight excluding hydrogens is 948 g/mol. The lowest BCUT2D eigenvalue weighted by molar-refractivity contribution is 0.590. The first-order valence-electron chi connectivity index (χ1n) is 27.7. The van der Waals surface area contributed by atoms with Crippen molar-refractivity contribution in [1.82, 2.24) is 13.6 Å². The van der Waals surface area contributed by atoms with Crippen LogP contribution in [0.4, 0.5) is 17.1 Å². The molecule has 0 bridgehead atoms. The Balaban J connectivity index is 1.21. The Morgan fingerprint density at radius 3 is 1.62 bits per heavy atom. The Hall–Kier alpha value is -8.74. The lowest BCUT2D eigenvalue weighted by Gasteiger charge is -2.40. The van der Waals surface area contributed by atoms with E-state index in [9.17, 15) is 0 Å². The van der Waals surface area contributed by atoms with Gasteiger partial charge < -0.3 is 18.4 Å². The number of hydrogen-bond acceptors (Lipinski definition) is 2. The molecule has 0 N–H and O–H groups in total. The summed E-state index contributed by atoms with van der Waals surface area (Å²) >= 11 is 0. The molecule has 0 spiro atoms. The van der Waals surface area contributed by atoms with Crippen LogP contribution in [0.15, 0.2) is 211 Å². The van der Waals surface area contributed by atoms with E-state index in [1.807, 2.05) is 0 Å². The predicted octanol–water partition coefficient (Wildman–Crippen LogP) is 18.1. The zero-order chi connectivity index (χ0) is 53.1. The predicted molar refractivity (Wildman–Crippen MR) is 330 cm³/mol. The first kappa shape index (κ1) is 46.6. The normalized spacial score (nSPS) is 13.4. The van der Waals surface area contributed by atoms with E-state index in [1.54, 1.807) is 0 Å². The van der Waals surface area contributed by atoms with E-state index in [-0.39, 0.29) is 23.1 Å². The molecular formula is C72H61BN4O. The van der Waals surface area contributed by atoms with Crippen molar-refractivity contribution in [3.8, 4) is 44.9 Å². The van der Waals surface area contributed by atoms with E-state index in [0.29, 0.717) is 0 Å². The Kier molecular flexibility index (Phi) is 9.78. The van der Waals surface area contributed by atoms with Crippen LogP contribution in [-0.2, 0) is 16.2 Å². The van der Waals surface area contributed by atoms with Crippen molar-refractivity contribution in [3.05, 3.63) is 223 Å². The van der Waals surface area contributed by atoms with Crippen molar-refractivity contribution in [1.29, 1.82) is 0 Å². The van der Waals surface area contributed by atoms with E-state index in [2.05, 4.69) is 287 Å². The summed E-state index contributed by atoms with van der Waals surface area (Å²) in [5.74, 6) is 0. The van der Waals surface area contributed by atoms with Crippen LogP contribution in [0.1, 0.15) is 79.0 Å². The molecule has 6 heterocycles. The lowest BCUT2D eigenvalue weighted by Crippen LogP contribution is -2.56. The fourth-order valence-corrected chi connectivity index (χ4v) is 13.2. The highest BCUT2D eigenvalue weighted by molar-refractivity contribution is 6.89. The van der Waals surface area contributed by atoms with Gasteiger partial charge >= 0.3 is 6.85 Å². The number of aromatic nitrogens is 3. The molecule has 13 aromatic rings. The van der Waals surface area contributed by atoms with Gasteiger partial charge in [-0.25, -0.2) is 0 Å². The van der Waals surface area contributed by atoms with Gasteiger partial charge in [-0.1, -0.05) is 202 Å². The molecule has 15 rings (SSSR count). The van der Waals surface area contributed by atoms with Gasteiger partial charge in [-0.3, -0.25) is 4.57 Å². The fraction of sp³-hybridized carbons (Fsp3) is 0.167. The molecule has 6 heteroatoms. The van der Waals surface area contributed by atoms with Crippen LogP contribution in [-0.4, -0.2) is 20.5 Å². The molecule has 0 fully saturated rings. The van der Waals surface area contributed by atoms with Crippen LogP contribution >= 0.6 is 0 Å². The van der Waals surface area contributed by atoms with Gasteiger partial charge in [0.05, 0.1) is 27.6 Å². The van der Waals surface area contributed by atoms with Gasteiger partial charge in [0.15, 0.2) is 0 Å². The Morgan fingerprint density at radius 2 is 0.974 bits per heavy atom. The van der Waals surface area contributed by atoms with Gasteiger partial charge in [0.1, 0.15) is 5.66 Å². The van der Waals surface area contributed by atoms with Gasteiger partial charge in [0.2, 0.25) is 5.71 Å². The lowest BCUT2D eigenvalue weighted by atomic mass is 9.47. The topological polar surface area (TPSA) is 31.2 Å². The third-order valence-electron chi connectivity index (χ3n) is 17.1. The molecule has 9 aromatic carbocycles. The summed E-state index contributed by atoms with van der Waals surface area (Å²) in [5.41, 5.74) is 24.0. The summed E-state index contributed by atoms with van der Waals surface area (Å²) in [6, 6.07) is 77.2. The van der Waals surface area contributed by atoms with Gasteiger partial charge in [-0.15, -0.1) is 0 Å². The number of hydrogen-bond donors (Lipinski definition) is 0. The quantitative estimate of drug-likeness (QED) is 0.161. The minimum atomic E-state index is -0.373. The molecule has 2 aliphatic heterocycles. The summed E-state index contributed by atoms with van der Waals surface area (Å²) in [7, 11) is 0. The molecule has 0 radical (unpaired) electrons. The van der Waals surface area contributed by atoms with Crippen LogP contribution in [0.3, 0.4) is 0 Å². The standard InChI is InChI=1S/C72H61BN4O/c1-70(2,3)46-34-37-51(38-35-46)75-59-42-48(72(7,8)9)41-54-56-43-55-53-40-47(71(4,5)6)36-39-58(53)74(49-28-18-12-19-29-49)65(55)62-60(44-24-14-10-15-25-44)64(45-26-16-11-17-27-45)77(66(56)62)73(63(54)59)68-67(75)61-52-32-22-23-33-57(52)76(69(61)78-68)50-30-20-13-21-31-50/h10-43H,1-9H3. The van der Waals surface area contributed by atoms with Crippen LogP contribution in [0.5, 0.6) is 0 Å². The van der Waals surface area contributed by atoms with Crippen molar-refractivity contribution in [2.45, 2.75) is 78.6 Å². The average Bonchev–Trinajstić information content (AvgIpc) is 2.99. The molecule has 0 unspecified atom stereocenters. The van der Waals surface area contributed by atoms with Gasteiger partial charge in [0.25, 0.3) is 0 Å². The number of fused-ring (bicyclic) bond motifs is 12. The van der Waals surface area contributed by atoms with Crippen LogP contribution in [0.25, 0.3) is 99.6 Å². The maximum atomic E-state index is 7.96. The van der Waals surface area contributed by atoms with Gasteiger partial charge in [-0.05, 0) is 122 Å². The first-order valence-corrected chi connectivity index (χ1v) is 27.7. The number of benzene rings is 9. The molecule has 0 aliphatic carbocycles. The summed E-state index contributed by atoms with van der Waals surface area (Å²) < 4.78 is 15.6. The second-order valence-corrected chi connectivity index (χ2v) is 24.9. The molecule has 0 atom stereocenters. The number of para-hydroxylation sites is 3. The third kappa shape index (κ3) is 6.62. The minimum absolute atomic E-state index is 0.0234. The number of anilines is 3. The Bertz CT molecular complexity index is 4570. The van der Waals surface area contributed by atoms with Crippen molar-refractivity contribution < 1.29 is 4.42 Å². The van der Waals surface area contributed by atoms with Crippen molar-refractivity contribution in [2.75, 3.05) is 4.90 Å². The molecule has 378 valence electrons. The highest BCUT2D eigenvalue weighted by atomic mass is 16.3. The monoisotopic (exact) mass is 1010 g/mol. The molecule has 0 saturated carbocycles.